The molecule has 94 valence electrons. The summed E-state index contributed by atoms with van der Waals surface area (Å²) in [5.41, 5.74) is 0. The van der Waals surface area contributed by atoms with Crippen molar-refractivity contribution < 1.29 is 14.5 Å². The molecular formula is C11H14BrNO4. The van der Waals surface area contributed by atoms with Crippen molar-refractivity contribution in [2.75, 3.05) is 6.61 Å². The molecule has 0 spiro atoms. The number of halogens is 1. The van der Waals surface area contributed by atoms with E-state index in [1.807, 2.05) is 12.2 Å². The first kappa shape index (κ1) is 12.5. The van der Waals surface area contributed by atoms with E-state index in [2.05, 4.69) is 15.9 Å². The summed E-state index contributed by atoms with van der Waals surface area (Å²) in [5, 5.41) is 11.3. The van der Waals surface area contributed by atoms with Crippen molar-refractivity contribution in [1.82, 2.24) is 0 Å². The predicted molar refractivity (Wildman–Crippen MR) is 64.1 cm³/mol. The lowest BCUT2D eigenvalue weighted by Crippen LogP contribution is -2.57. The van der Waals surface area contributed by atoms with Gasteiger partial charge < -0.3 is 4.74 Å². The fourth-order valence-electron chi connectivity index (χ4n) is 2.81. The lowest BCUT2D eigenvalue weighted by atomic mass is 9.66. The number of esters is 1. The fraction of sp³-hybridized carbons (Fsp3) is 0.727. The van der Waals surface area contributed by atoms with E-state index in [0.717, 1.165) is 12.8 Å². The number of hydrogen-bond acceptors (Lipinski definition) is 4. The van der Waals surface area contributed by atoms with Crippen LogP contribution < -0.4 is 0 Å². The van der Waals surface area contributed by atoms with Crippen LogP contribution in [-0.2, 0) is 9.53 Å². The average molecular weight is 304 g/mol. The Morgan fingerprint density at radius 1 is 1.59 bits per heavy atom. The first-order valence-electron chi connectivity index (χ1n) is 5.70. The van der Waals surface area contributed by atoms with Crippen LogP contribution in [0.15, 0.2) is 12.2 Å². The highest BCUT2D eigenvalue weighted by Crippen LogP contribution is 2.52. The van der Waals surface area contributed by atoms with Crippen molar-refractivity contribution in [3.8, 4) is 0 Å². The maximum Gasteiger partial charge on any atom is 0.317 e. The second kappa shape index (κ2) is 4.40. The highest BCUT2D eigenvalue weighted by Gasteiger charge is 2.64. The molecule has 4 atom stereocenters. The Bertz CT molecular complexity index is 384. The number of alkyl halides is 1. The van der Waals surface area contributed by atoms with E-state index < -0.39 is 16.3 Å². The van der Waals surface area contributed by atoms with Crippen LogP contribution in [0.4, 0.5) is 0 Å². The zero-order valence-electron chi connectivity index (χ0n) is 9.47. The maximum absolute atomic E-state index is 11.9. The third-order valence-electron chi connectivity index (χ3n) is 3.61. The molecule has 0 aromatic rings. The first-order valence-corrected chi connectivity index (χ1v) is 6.49. The van der Waals surface area contributed by atoms with Crippen LogP contribution >= 0.6 is 15.9 Å². The van der Waals surface area contributed by atoms with Crippen LogP contribution in [0.3, 0.4) is 0 Å². The Morgan fingerprint density at radius 3 is 2.76 bits per heavy atom. The molecule has 0 aliphatic heterocycles. The van der Waals surface area contributed by atoms with Gasteiger partial charge in [0.15, 0.2) is 0 Å². The fourth-order valence-corrected chi connectivity index (χ4v) is 3.72. The largest absolute Gasteiger partial charge is 0.466 e. The molecule has 1 fully saturated rings. The molecule has 0 aromatic carbocycles. The summed E-state index contributed by atoms with van der Waals surface area (Å²) in [5.74, 6) is -1.53. The normalized spacial score (nSPS) is 39.1. The van der Waals surface area contributed by atoms with Crippen LogP contribution in [0.5, 0.6) is 0 Å². The molecule has 0 amide bonds. The first-order chi connectivity index (χ1) is 8.01. The second-order valence-corrected chi connectivity index (χ2v) is 5.72. The van der Waals surface area contributed by atoms with Gasteiger partial charge >= 0.3 is 5.97 Å². The van der Waals surface area contributed by atoms with Crippen LogP contribution in [0.2, 0.25) is 0 Å². The van der Waals surface area contributed by atoms with E-state index in [4.69, 9.17) is 4.74 Å². The minimum atomic E-state index is -1.39. The third kappa shape index (κ3) is 1.78. The summed E-state index contributed by atoms with van der Waals surface area (Å²) >= 11 is 3.20. The molecule has 0 N–H and O–H groups in total. The number of ether oxygens (including phenoxy) is 1. The maximum atomic E-state index is 11.9. The van der Waals surface area contributed by atoms with Crippen molar-refractivity contribution in [3.63, 3.8) is 0 Å². The van der Waals surface area contributed by atoms with Crippen molar-refractivity contribution in [3.05, 3.63) is 22.3 Å². The molecule has 5 nitrogen and oxygen atoms in total. The Balaban J connectivity index is 2.37. The number of nitro groups is 1. The van der Waals surface area contributed by atoms with Gasteiger partial charge in [-0.2, -0.15) is 0 Å². The summed E-state index contributed by atoms with van der Waals surface area (Å²) in [7, 11) is 0. The number of hydrogen-bond donors (Lipinski definition) is 0. The number of allylic oxidation sites excluding steroid dienone is 1. The lowest BCUT2D eigenvalue weighted by molar-refractivity contribution is -0.556. The quantitative estimate of drug-likeness (QED) is 0.200. The molecule has 0 saturated heterocycles. The average Bonchev–Trinajstić information content (AvgIpc) is 2.30. The molecule has 0 radical (unpaired) electrons. The van der Waals surface area contributed by atoms with Crippen molar-refractivity contribution >= 4 is 21.9 Å². The zero-order chi connectivity index (χ0) is 12.6. The summed E-state index contributed by atoms with van der Waals surface area (Å²) < 4.78 is 3.58. The zero-order valence-corrected chi connectivity index (χ0v) is 11.1. The van der Waals surface area contributed by atoms with E-state index >= 15 is 0 Å². The topological polar surface area (TPSA) is 69.4 Å². The standard InChI is InChI=1S/C11H14BrNO4/c1-2-17-10(14)9-7-3-5-8(6-4-7)11(9,12)13(15)16/h3,5,7-9H,2,4,6H2,1H3. The molecule has 3 aliphatic carbocycles. The van der Waals surface area contributed by atoms with Crippen LogP contribution in [-0.4, -0.2) is 21.9 Å². The van der Waals surface area contributed by atoms with Crippen molar-refractivity contribution in [2.24, 2.45) is 17.8 Å². The Labute approximate surface area is 107 Å². The predicted octanol–water partition coefficient (Wildman–Crippen LogP) is 2.13. The molecule has 3 rings (SSSR count). The van der Waals surface area contributed by atoms with E-state index in [9.17, 15) is 14.9 Å². The highest BCUT2D eigenvalue weighted by atomic mass is 79.9. The summed E-state index contributed by atoms with van der Waals surface area (Å²) in [6, 6.07) is 0. The lowest BCUT2D eigenvalue weighted by Gasteiger charge is -2.43. The van der Waals surface area contributed by atoms with Crippen molar-refractivity contribution in [1.29, 1.82) is 0 Å². The van der Waals surface area contributed by atoms with E-state index in [1.165, 1.54) is 0 Å². The highest BCUT2D eigenvalue weighted by molar-refractivity contribution is 9.10. The summed E-state index contributed by atoms with van der Waals surface area (Å²) in [4.78, 5) is 22.8. The molecule has 4 unspecified atom stereocenters. The van der Waals surface area contributed by atoms with E-state index in [1.54, 1.807) is 6.92 Å². The van der Waals surface area contributed by atoms with Gasteiger partial charge in [0.05, 0.1) is 12.5 Å². The minimum Gasteiger partial charge on any atom is -0.466 e. The summed E-state index contributed by atoms with van der Waals surface area (Å²) in [6.45, 7) is 1.95. The molecule has 3 aliphatic rings. The monoisotopic (exact) mass is 303 g/mol. The molecule has 17 heavy (non-hydrogen) atoms. The van der Waals surface area contributed by atoms with Crippen molar-refractivity contribution in [2.45, 2.75) is 24.2 Å². The Morgan fingerprint density at radius 2 is 2.29 bits per heavy atom. The van der Waals surface area contributed by atoms with Gasteiger partial charge in [0, 0.05) is 20.9 Å². The van der Waals surface area contributed by atoms with Gasteiger partial charge in [-0.15, -0.1) is 0 Å². The molecule has 0 aromatic heterocycles. The Kier molecular flexibility index (Phi) is 3.25. The van der Waals surface area contributed by atoms with Gasteiger partial charge in [-0.25, -0.2) is 0 Å². The van der Waals surface area contributed by atoms with Crippen LogP contribution in [0.25, 0.3) is 0 Å². The third-order valence-corrected chi connectivity index (χ3v) is 4.98. The SMILES string of the molecule is CCOC(=O)C1C2C=CC(CC2)C1(Br)[N+](=O)[O-]. The van der Waals surface area contributed by atoms with E-state index in [0.29, 0.717) is 0 Å². The van der Waals surface area contributed by atoms with Crippen LogP contribution in [0.1, 0.15) is 19.8 Å². The molecule has 0 heterocycles. The van der Waals surface area contributed by atoms with Gasteiger partial charge in [-0.05, 0) is 25.7 Å². The smallest absolute Gasteiger partial charge is 0.317 e. The van der Waals surface area contributed by atoms with E-state index in [-0.39, 0.29) is 23.4 Å². The van der Waals surface area contributed by atoms with Crippen LogP contribution in [0, 0.1) is 27.9 Å². The minimum absolute atomic E-state index is 0.0937. The number of carbonyl (C=O) groups is 1. The number of rotatable bonds is 3. The van der Waals surface area contributed by atoms with Gasteiger partial charge in [0.25, 0.3) is 4.45 Å². The van der Waals surface area contributed by atoms with Gasteiger partial charge in [-0.3, -0.25) is 14.9 Å². The Hall–Kier alpha value is -0.910. The number of fused-ring (bicyclic) bond motifs is 2. The summed E-state index contributed by atoms with van der Waals surface area (Å²) in [6.07, 6.45) is 5.31. The molecule has 6 heteroatoms. The molecular weight excluding hydrogens is 290 g/mol. The number of nitrogens with zero attached hydrogens (tertiary/aromatic N) is 1. The van der Waals surface area contributed by atoms with Gasteiger partial charge in [0.2, 0.25) is 0 Å². The molecule has 1 saturated carbocycles. The second-order valence-electron chi connectivity index (χ2n) is 4.45. The van der Waals surface area contributed by atoms with Gasteiger partial charge in [0.1, 0.15) is 5.92 Å². The molecule has 2 bridgehead atoms. The number of carbonyl (C=O) groups excluding carboxylic acids is 1. The van der Waals surface area contributed by atoms with Gasteiger partial charge in [-0.1, -0.05) is 12.2 Å².